The van der Waals surface area contributed by atoms with E-state index in [1.54, 1.807) is 0 Å². The lowest BCUT2D eigenvalue weighted by molar-refractivity contribution is 0.420. The summed E-state index contributed by atoms with van der Waals surface area (Å²) < 4.78 is 0. The van der Waals surface area contributed by atoms with E-state index in [4.69, 9.17) is 0 Å². The van der Waals surface area contributed by atoms with E-state index in [1.807, 2.05) is 0 Å². The van der Waals surface area contributed by atoms with Gasteiger partial charge in [0.1, 0.15) is 0 Å². The number of hydrogen-bond donors (Lipinski definition) is 0. The highest BCUT2D eigenvalue weighted by Gasteiger charge is 2.40. The molecule has 0 spiro atoms. The number of para-hydroxylation sites is 1. The zero-order chi connectivity index (χ0) is 25.3. The number of hydrogen-bond acceptors (Lipinski definition) is 1. The zero-order valence-electron chi connectivity index (χ0n) is 21.7. The largest absolute Gasteiger partial charge is 0.310 e. The lowest BCUT2D eigenvalue weighted by atomic mass is 9.83. The van der Waals surface area contributed by atoms with Crippen molar-refractivity contribution in [3.05, 3.63) is 139 Å². The average Bonchev–Trinajstić information content (AvgIpc) is 3.64. The van der Waals surface area contributed by atoms with Crippen LogP contribution in [0.1, 0.15) is 37.2 Å². The molecule has 0 aliphatic heterocycles. The maximum absolute atomic E-state index is 2.42. The van der Waals surface area contributed by atoms with Crippen LogP contribution in [0.2, 0.25) is 0 Å². The fourth-order valence-corrected chi connectivity index (χ4v) is 6.91. The van der Waals surface area contributed by atoms with Gasteiger partial charge in [-0.25, -0.2) is 0 Å². The molecule has 0 heterocycles. The fourth-order valence-electron chi connectivity index (χ4n) is 6.91. The van der Waals surface area contributed by atoms with Crippen LogP contribution >= 0.6 is 0 Å². The van der Waals surface area contributed by atoms with Gasteiger partial charge in [-0.05, 0) is 89.6 Å². The van der Waals surface area contributed by atoms with Crippen molar-refractivity contribution in [2.75, 3.05) is 4.90 Å². The van der Waals surface area contributed by atoms with Crippen molar-refractivity contribution in [3.63, 3.8) is 0 Å². The molecule has 2 aliphatic rings. The molecule has 1 nitrogen and oxygen atoms in total. The molecule has 0 radical (unpaired) electrons. The third-order valence-corrected chi connectivity index (χ3v) is 8.78. The quantitative estimate of drug-likeness (QED) is 0.228. The molecule has 5 aromatic carbocycles. The van der Waals surface area contributed by atoms with Gasteiger partial charge in [-0.2, -0.15) is 0 Å². The fraction of sp³-hybridized carbons (Fsp3) is 0.189. The van der Waals surface area contributed by atoms with Gasteiger partial charge in [0.25, 0.3) is 0 Å². The van der Waals surface area contributed by atoms with Crippen LogP contribution in [0.25, 0.3) is 22.3 Å². The van der Waals surface area contributed by atoms with Crippen molar-refractivity contribution < 1.29 is 0 Å². The highest BCUT2D eigenvalue weighted by atomic mass is 15.1. The molecule has 2 aliphatic carbocycles. The van der Waals surface area contributed by atoms with E-state index in [9.17, 15) is 0 Å². The third kappa shape index (κ3) is 4.33. The van der Waals surface area contributed by atoms with Crippen LogP contribution in [-0.4, -0.2) is 0 Å². The van der Waals surface area contributed by atoms with E-state index in [-0.39, 0.29) is 0 Å². The smallest absolute Gasteiger partial charge is 0.0540 e. The number of fused-ring (bicyclic) bond motifs is 2. The third-order valence-electron chi connectivity index (χ3n) is 8.78. The van der Waals surface area contributed by atoms with Crippen LogP contribution in [-0.2, 0) is 0 Å². The molecule has 5 aromatic rings. The van der Waals surface area contributed by atoms with Crippen molar-refractivity contribution in [1.29, 1.82) is 0 Å². The Kier molecular flexibility index (Phi) is 6.06. The monoisotopic (exact) mass is 491 g/mol. The van der Waals surface area contributed by atoms with Crippen molar-refractivity contribution in [3.8, 4) is 22.3 Å². The first-order valence-electron chi connectivity index (χ1n) is 14.0. The van der Waals surface area contributed by atoms with E-state index in [2.05, 4.69) is 138 Å². The van der Waals surface area contributed by atoms with Gasteiger partial charge < -0.3 is 4.90 Å². The predicted octanol–water partition coefficient (Wildman–Crippen LogP) is 10.4. The molecule has 0 saturated heterocycles. The van der Waals surface area contributed by atoms with Gasteiger partial charge in [0, 0.05) is 16.9 Å². The van der Waals surface area contributed by atoms with Crippen molar-refractivity contribution in [1.82, 2.24) is 0 Å². The summed E-state index contributed by atoms with van der Waals surface area (Å²) in [5, 5.41) is 0. The molecular weight excluding hydrogens is 458 g/mol. The Morgan fingerprint density at radius 3 is 1.68 bits per heavy atom. The maximum Gasteiger partial charge on any atom is 0.0540 e. The number of anilines is 3. The van der Waals surface area contributed by atoms with Crippen LogP contribution in [0, 0.1) is 11.8 Å². The predicted molar refractivity (Wildman–Crippen MR) is 160 cm³/mol. The van der Waals surface area contributed by atoms with Gasteiger partial charge in [0.2, 0.25) is 0 Å². The summed E-state index contributed by atoms with van der Waals surface area (Å²) in [7, 11) is 0. The second-order valence-electron chi connectivity index (χ2n) is 11.0. The summed E-state index contributed by atoms with van der Waals surface area (Å²) >= 11 is 0. The van der Waals surface area contributed by atoms with E-state index < -0.39 is 0 Å². The first-order valence-corrected chi connectivity index (χ1v) is 14.0. The second kappa shape index (κ2) is 9.99. The molecule has 7 rings (SSSR count). The minimum absolute atomic E-state index is 0.748. The van der Waals surface area contributed by atoms with E-state index in [0.717, 1.165) is 17.8 Å². The SMILES string of the molecule is c1ccc(-c2ccc(N(c3ccc(C4CC5CCC4C5)cc3)c3ccccc3-c3ccccc3)cc2)cc1. The second-order valence-corrected chi connectivity index (χ2v) is 11.0. The normalized spacial score (nSPS) is 19.9. The molecule has 2 bridgehead atoms. The highest BCUT2D eigenvalue weighted by molar-refractivity contribution is 5.88. The Bertz CT molecular complexity index is 1500. The van der Waals surface area contributed by atoms with Crippen LogP contribution in [0.5, 0.6) is 0 Å². The summed E-state index contributed by atoms with van der Waals surface area (Å²) in [6.07, 6.45) is 5.69. The first-order chi connectivity index (χ1) is 18.8. The Hall–Kier alpha value is -4.10. The molecule has 2 saturated carbocycles. The standard InChI is InChI=1S/C37H33N/c1-3-9-28(10-4-1)29-17-21-33(22-18-29)38(37-14-8-7-13-35(37)30-11-5-2-6-12-30)34-23-19-31(20-24-34)36-26-27-15-16-32(36)25-27/h1-14,17-24,27,32,36H,15-16,25-26H2. The molecule has 0 aromatic heterocycles. The van der Waals surface area contributed by atoms with E-state index >= 15 is 0 Å². The average molecular weight is 492 g/mol. The maximum atomic E-state index is 2.42. The number of nitrogens with zero attached hydrogens (tertiary/aromatic N) is 1. The number of benzene rings is 5. The summed E-state index contributed by atoms with van der Waals surface area (Å²) in [6, 6.07) is 48.6. The Morgan fingerprint density at radius 1 is 0.474 bits per heavy atom. The lowest BCUT2D eigenvalue weighted by Crippen LogP contribution is -2.12. The van der Waals surface area contributed by atoms with Crippen LogP contribution in [0.4, 0.5) is 17.1 Å². The van der Waals surface area contributed by atoms with E-state index in [1.165, 1.54) is 70.6 Å². The molecule has 38 heavy (non-hydrogen) atoms. The van der Waals surface area contributed by atoms with Gasteiger partial charge in [0.05, 0.1) is 5.69 Å². The van der Waals surface area contributed by atoms with Gasteiger partial charge in [-0.15, -0.1) is 0 Å². The summed E-state index contributed by atoms with van der Waals surface area (Å²) in [5.74, 6) is 2.60. The summed E-state index contributed by atoms with van der Waals surface area (Å²) in [4.78, 5) is 2.42. The Labute approximate surface area is 226 Å². The molecule has 186 valence electrons. The Balaban J connectivity index is 1.31. The molecular formula is C37H33N. The van der Waals surface area contributed by atoms with Crippen LogP contribution in [0.3, 0.4) is 0 Å². The van der Waals surface area contributed by atoms with Gasteiger partial charge in [-0.3, -0.25) is 0 Å². The highest BCUT2D eigenvalue weighted by Crippen LogP contribution is 2.53. The zero-order valence-corrected chi connectivity index (χ0v) is 21.7. The van der Waals surface area contributed by atoms with Gasteiger partial charge in [-0.1, -0.05) is 110 Å². The molecule has 3 unspecified atom stereocenters. The van der Waals surface area contributed by atoms with Gasteiger partial charge in [0.15, 0.2) is 0 Å². The minimum Gasteiger partial charge on any atom is -0.310 e. The topological polar surface area (TPSA) is 3.24 Å². The number of rotatable bonds is 6. The van der Waals surface area contributed by atoms with Crippen LogP contribution in [0.15, 0.2) is 133 Å². The first kappa shape index (κ1) is 23.0. The molecule has 3 atom stereocenters. The van der Waals surface area contributed by atoms with Crippen molar-refractivity contribution >= 4 is 17.1 Å². The minimum atomic E-state index is 0.748. The summed E-state index contributed by atoms with van der Waals surface area (Å²) in [5.41, 5.74) is 10.0. The molecule has 1 heteroatoms. The molecule has 0 N–H and O–H groups in total. The molecule has 2 fully saturated rings. The summed E-state index contributed by atoms with van der Waals surface area (Å²) in [6.45, 7) is 0. The van der Waals surface area contributed by atoms with Crippen molar-refractivity contribution in [2.45, 2.75) is 31.6 Å². The van der Waals surface area contributed by atoms with Crippen LogP contribution < -0.4 is 4.90 Å². The Morgan fingerprint density at radius 2 is 1.05 bits per heavy atom. The van der Waals surface area contributed by atoms with E-state index in [0.29, 0.717) is 0 Å². The lowest BCUT2D eigenvalue weighted by Gasteiger charge is -2.29. The molecule has 0 amide bonds. The van der Waals surface area contributed by atoms with Gasteiger partial charge >= 0.3 is 0 Å². The van der Waals surface area contributed by atoms with Crippen molar-refractivity contribution in [2.24, 2.45) is 11.8 Å².